The first-order chi connectivity index (χ1) is 15.0. The monoisotopic (exact) mass is 436 g/mol. The summed E-state index contributed by atoms with van der Waals surface area (Å²) in [7, 11) is 1.69. The topological polar surface area (TPSA) is 72.3 Å². The molecule has 0 unspecified atom stereocenters. The van der Waals surface area contributed by atoms with Crippen LogP contribution in [0.5, 0.6) is 0 Å². The van der Waals surface area contributed by atoms with E-state index in [9.17, 15) is 9.59 Å². The van der Waals surface area contributed by atoms with Crippen LogP contribution < -0.4 is 16.0 Å². The molecule has 7 nitrogen and oxygen atoms in total. The number of pyridine rings is 1. The van der Waals surface area contributed by atoms with Crippen molar-refractivity contribution in [2.75, 3.05) is 31.2 Å². The van der Waals surface area contributed by atoms with E-state index in [0.717, 1.165) is 24.3 Å². The molecule has 2 aromatic heterocycles. The number of aromatic nitrogens is 3. The Morgan fingerprint density at radius 2 is 1.77 bits per heavy atom. The summed E-state index contributed by atoms with van der Waals surface area (Å²) in [6.07, 6.45) is 0. The van der Waals surface area contributed by atoms with Gasteiger partial charge in [-0.15, -0.1) is 0 Å². The summed E-state index contributed by atoms with van der Waals surface area (Å²) in [4.78, 5) is 28.4. The van der Waals surface area contributed by atoms with Gasteiger partial charge < -0.3 is 14.2 Å². The molecule has 1 saturated heterocycles. The third-order valence-electron chi connectivity index (χ3n) is 5.68. The first-order valence-electron chi connectivity index (χ1n) is 10.1. The van der Waals surface area contributed by atoms with Crippen molar-refractivity contribution in [3.05, 3.63) is 80.3 Å². The molecule has 0 aliphatic carbocycles. The minimum Gasteiger partial charge on any atom is -0.378 e. The van der Waals surface area contributed by atoms with Gasteiger partial charge in [-0.25, -0.2) is 4.68 Å². The molecule has 0 radical (unpaired) electrons. The number of para-hydroxylation sites is 1. The average Bonchev–Trinajstić information content (AvgIpc) is 3.11. The van der Waals surface area contributed by atoms with Gasteiger partial charge in [0.05, 0.1) is 40.5 Å². The molecule has 5 rings (SSSR count). The summed E-state index contributed by atoms with van der Waals surface area (Å²) >= 11 is 6.32. The fourth-order valence-electron chi connectivity index (χ4n) is 4.10. The van der Waals surface area contributed by atoms with Gasteiger partial charge in [-0.1, -0.05) is 35.9 Å². The van der Waals surface area contributed by atoms with Gasteiger partial charge >= 0.3 is 0 Å². The highest BCUT2D eigenvalue weighted by Crippen LogP contribution is 2.29. The summed E-state index contributed by atoms with van der Waals surface area (Å²) in [5.41, 5.74) is 2.96. The van der Waals surface area contributed by atoms with Crippen LogP contribution in [-0.2, 0) is 11.8 Å². The van der Waals surface area contributed by atoms with E-state index in [4.69, 9.17) is 16.3 Å². The van der Waals surface area contributed by atoms with Gasteiger partial charge in [-0.3, -0.25) is 14.7 Å². The van der Waals surface area contributed by atoms with Gasteiger partial charge in [0.2, 0.25) is 0 Å². The normalized spacial score (nSPS) is 14.3. The molecule has 31 heavy (non-hydrogen) atoms. The predicted molar refractivity (Wildman–Crippen MR) is 123 cm³/mol. The first kappa shape index (κ1) is 19.7. The Kier molecular flexibility index (Phi) is 4.92. The minimum atomic E-state index is -0.259. The fraction of sp³-hybridized carbons (Fsp3) is 0.217. The molecular weight excluding hydrogens is 416 g/mol. The number of hydrogen-bond donors (Lipinski definition) is 1. The molecule has 158 valence electrons. The van der Waals surface area contributed by atoms with Crippen molar-refractivity contribution in [1.29, 1.82) is 0 Å². The van der Waals surface area contributed by atoms with Crippen molar-refractivity contribution in [2.45, 2.75) is 0 Å². The van der Waals surface area contributed by atoms with E-state index >= 15 is 0 Å². The molecule has 1 aliphatic rings. The Morgan fingerprint density at radius 3 is 2.55 bits per heavy atom. The Hall–Kier alpha value is -3.29. The van der Waals surface area contributed by atoms with E-state index < -0.39 is 0 Å². The number of nitrogens with one attached hydrogen (secondary N) is 1. The standard InChI is InChI=1S/C23H21ClN4O3/c1-26-20(29)14-18-21(23(30)28(25-18)19-8-3-2-7-17(19)24)22(26)15-5-4-6-16(13-15)27-9-11-31-12-10-27/h2-8,13-14,25H,9-12H2,1H3. The third kappa shape index (κ3) is 3.36. The molecule has 0 saturated carbocycles. The highest BCUT2D eigenvalue weighted by Gasteiger charge is 2.20. The molecule has 3 heterocycles. The van der Waals surface area contributed by atoms with Crippen molar-refractivity contribution in [3.8, 4) is 16.9 Å². The molecule has 0 bridgehead atoms. The third-order valence-corrected chi connectivity index (χ3v) is 6.00. The van der Waals surface area contributed by atoms with Crippen LogP contribution in [0.15, 0.2) is 64.2 Å². The van der Waals surface area contributed by atoms with Crippen LogP contribution in [0.4, 0.5) is 5.69 Å². The van der Waals surface area contributed by atoms with Crippen LogP contribution in [0.1, 0.15) is 0 Å². The number of anilines is 1. The molecule has 1 N–H and O–H groups in total. The van der Waals surface area contributed by atoms with Gasteiger partial charge in [0.1, 0.15) is 0 Å². The Labute approximate surface area is 183 Å². The van der Waals surface area contributed by atoms with Crippen LogP contribution in [0, 0.1) is 0 Å². The summed E-state index contributed by atoms with van der Waals surface area (Å²) in [6.45, 7) is 2.96. The highest BCUT2D eigenvalue weighted by atomic mass is 35.5. The summed E-state index contributed by atoms with van der Waals surface area (Å²) in [6, 6.07) is 16.5. The number of fused-ring (bicyclic) bond motifs is 1. The zero-order valence-corrected chi connectivity index (χ0v) is 17.7. The van der Waals surface area contributed by atoms with Crippen molar-refractivity contribution < 1.29 is 4.74 Å². The van der Waals surface area contributed by atoms with E-state index in [2.05, 4.69) is 10.00 Å². The molecule has 2 aromatic carbocycles. The summed E-state index contributed by atoms with van der Waals surface area (Å²) < 4.78 is 8.36. The lowest BCUT2D eigenvalue weighted by Gasteiger charge is -2.29. The van der Waals surface area contributed by atoms with Crippen LogP contribution >= 0.6 is 11.6 Å². The number of nitrogens with zero attached hydrogens (tertiary/aromatic N) is 3. The van der Waals surface area contributed by atoms with Crippen LogP contribution in [0.3, 0.4) is 0 Å². The van der Waals surface area contributed by atoms with E-state index in [1.807, 2.05) is 30.3 Å². The number of H-pyrrole nitrogens is 1. The SMILES string of the molecule is Cn1c(-c2cccc(N3CCOCC3)c2)c2c(=O)n(-c3ccccc3Cl)[nH]c2cc1=O. The number of rotatable bonds is 3. The van der Waals surface area contributed by atoms with E-state index in [-0.39, 0.29) is 11.1 Å². The molecule has 0 amide bonds. The molecule has 4 aromatic rings. The summed E-state index contributed by atoms with van der Waals surface area (Å²) in [5, 5.41) is 3.95. The lowest BCUT2D eigenvalue weighted by Crippen LogP contribution is -2.36. The van der Waals surface area contributed by atoms with Crippen LogP contribution in [-0.4, -0.2) is 40.7 Å². The second-order valence-corrected chi connectivity index (χ2v) is 7.94. The van der Waals surface area contributed by atoms with Crippen LogP contribution in [0.25, 0.3) is 27.8 Å². The van der Waals surface area contributed by atoms with Crippen molar-refractivity contribution >= 4 is 28.2 Å². The van der Waals surface area contributed by atoms with Gasteiger partial charge in [-0.2, -0.15) is 0 Å². The Morgan fingerprint density at radius 1 is 1.00 bits per heavy atom. The zero-order chi connectivity index (χ0) is 21.5. The largest absolute Gasteiger partial charge is 0.378 e. The number of benzene rings is 2. The van der Waals surface area contributed by atoms with Gasteiger partial charge in [0, 0.05) is 37.5 Å². The number of hydrogen-bond acceptors (Lipinski definition) is 4. The number of halogens is 1. The second-order valence-electron chi connectivity index (χ2n) is 7.53. The maximum Gasteiger partial charge on any atom is 0.281 e. The quantitative estimate of drug-likeness (QED) is 0.535. The smallest absolute Gasteiger partial charge is 0.281 e. The Bertz CT molecular complexity index is 1400. The lowest BCUT2D eigenvalue weighted by atomic mass is 10.1. The van der Waals surface area contributed by atoms with Crippen LogP contribution in [0.2, 0.25) is 5.02 Å². The molecule has 0 atom stereocenters. The van der Waals surface area contributed by atoms with E-state index in [1.54, 1.807) is 25.2 Å². The van der Waals surface area contributed by atoms with Crippen molar-refractivity contribution in [1.82, 2.24) is 14.3 Å². The molecule has 1 aliphatic heterocycles. The fourth-order valence-corrected chi connectivity index (χ4v) is 4.32. The predicted octanol–water partition coefficient (Wildman–Crippen LogP) is 3.17. The van der Waals surface area contributed by atoms with Crippen molar-refractivity contribution in [3.63, 3.8) is 0 Å². The highest BCUT2D eigenvalue weighted by molar-refractivity contribution is 6.32. The lowest BCUT2D eigenvalue weighted by molar-refractivity contribution is 0.122. The van der Waals surface area contributed by atoms with Gasteiger partial charge in [0.15, 0.2) is 0 Å². The van der Waals surface area contributed by atoms with Gasteiger partial charge in [0.25, 0.3) is 11.1 Å². The second kappa shape index (κ2) is 7.76. The maximum absolute atomic E-state index is 13.5. The number of morpholine rings is 1. The molecule has 1 fully saturated rings. The number of ether oxygens (including phenoxy) is 1. The molecule has 8 heteroatoms. The minimum absolute atomic E-state index is 0.202. The molecule has 0 spiro atoms. The molecular formula is C23H21ClN4O3. The van der Waals surface area contributed by atoms with E-state index in [1.165, 1.54) is 15.3 Å². The van der Waals surface area contributed by atoms with Gasteiger partial charge in [-0.05, 0) is 24.3 Å². The zero-order valence-electron chi connectivity index (χ0n) is 17.0. The van der Waals surface area contributed by atoms with E-state index in [0.29, 0.717) is 40.5 Å². The summed E-state index contributed by atoms with van der Waals surface area (Å²) in [5.74, 6) is 0. The Balaban J connectivity index is 1.74. The first-order valence-corrected chi connectivity index (χ1v) is 10.4. The van der Waals surface area contributed by atoms with Crippen molar-refractivity contribution in [2.24, 2.45) is 7.05 Å². The maximum atomic E-state index is 13.5. The number of aromatic amines is 1. The average molecular weight is 437 g/mol.